The van der Waals surface area contributed by atoms with Gasteiger partial charge >= 0.3 is 0 Å². The van der Waals surface area contributed by atoms with Crippen LogP contribution in [-0.4, -0.2) is 10.2 Å². The van der Waals surface area contributed by atoms with Crippen LogP contribution in [-0.2, 0) is 0 Å². The van der Waals surface area contributed by atoms with E-state index in [4.69, 9.17) is 4.42 Å². The summed E-state index contributed by atoms with van der Waals surface area (Å²) in [5.74, 6) is 0.432. The van der Waals surface area contributed by atoms with Gasteiger partial charge in [-0.15, -0.1) is 0 Å². The second-order valence-corrected chi connectivity index (χ2v) is 12.8. The molecule has 3 nitrogen and oxygen atoms in total. The molecule has 1 aromatic heterocycles. The van der Waals surface area contributed by atoms with E-state index >= 15 is 0 Å². The number of hydrogen-bond donors (Lipinski definition) is 2. The number of phenols is 2. The third-order valence-corrected chi connectivity index (χ3v) is 10.3. The van der Waals surface area contributed by atoms with Gasteiger partial charge < -0.3 is 14.6 Å². The fourth-order valence-electron chi connectivity index (χ4n) is 7.88. The van der Waals surface area contributed by atoms with Crippen LogP contribution in [0.1, 0.15) is 16.7 Å². The molecule has 1 heterocycles. The highest BCUT2D eigenvalue weighted by molar-refractivity contribution is 6.25. The summed E-state index contributed by atoms with van der Waals surface area (Å²) in [4.78, 5) is 0. The lowest BCUT2D eigenvalue weighted by atomic mass is 9.82. The molecule has 0 bridgehead atoms. The number of furan rings is 1. The van der Waals surface area contributed by atoms with Gasteiger partial charge in [-0.1, -0.05) is 115 Å². The third-order valence-electron chi connectivity index (χ3n) is 10.3. The van der Waals surface area contributed by atoms with Gasteiger partial charge in [-0.05, 0) is 98.6 Å². The van der Waals surface area contributed by atoms with E-state index in [1.165, 1.54) is 0 Å². The average molecular weight is 621 g/mol. The Labute approximate surface area is 277 Å². The molecule has 3 heteroatoms. The number of phenolic OH excluding ortho intramolecular Hbond substituents is 2. The summed E-state index contributed by atoms with van der Waals surface area (Å²) in [6.07, 6.45) is 0. The van der Waals surface area contributed by atoms with Crippen molar-refractivity contribution < 1.29 is 14.6 Å². The van der Waals surface area contributed by atoms with E-state index in [1.54, 1.807) is 0 Å². The minimum Gasteiger partial charge on any atom is -0.507 e. The highest BCUT2D eigenvalue weighted by atomic mass is 16.3. The van der Waals surface area contributed by atoms with Gasteiger partial charge in [0.15, 0.2) is 0 Å². The first-order chi connectivity index (χ1) is 23.4. The second kappa shape index (κ2) is 10.5. The SMILES string of the molecule is Cc1c(C)c(O)c(-c2c3ccccc3c(-c3cccc4c(-c5cccc6oc7ccccc7c56)cccc34)c3ccccc23)c(C)c1O. The summed E-state index contributed by atoms with van der Waals surface area (Å²) in [7, 11) is 0. The standard InChI is InChI=1S/C45H32O3/c1-25-26(2)45(47)40(27(3)44(25)46)43-35-15-6-4-13-33(35)41(34-14-5-7-16-36(34)43)31-21-11-18-28-29(31)19-10-20-30(28)32-22-12-24-39-42(32)37-17-8-9-23-38(37)48-39/h4-24,46-47H,1-3H3. The van der Waals surface area contributed by atoms with Crippen molar-refractivity contribution in [2.24, 2.45) is 0 Å². The van der Waals surface area contributed by atoms with Crippen molar-refractivity contribution in [2.75, 3.05) is 0 Å². The molecule has 9 aromatic rings. The fourth-order valence-corrected chi connectivity index (χ4v) is 7.88. The monoisotopic (exact) mass is 620 g/mol. The molecule has 0 aliphatic rings. The van der Waals surface area contributed by atoms with Crippen LogP contribution in [0.2, 0.25) is 0 Å². The molecule has 0 aliphatic carbocycles. The van der Waals surface area contributed by atoms with Crippen molar-refractivity contribution in [2.45, 2.75) is 20.8 Å². The number of benzene rings is 8. The quantitative estimate of drug-likeness (QED) is 0.153. The molecular formula is C45H32O3. The van der Waals surface area contributed by atoms with Crippen molar-refractivity contribution in [1.82, 2.24) is 0 Å². The van der Waals surface area contributed by atoms with Crippen LogP contribution in [0.5, 0.6) is 11.5 Å². The molecule has 8 aromatic carbocycles. The molecular weight excluding hydrogens is 588 g/mol. The van der Waals surface area contributed by atoms with E-state index in [0.717, 1.165) is 82.1 Å². The smallest absolute Gasteiger partial charge is 0.136 e. The molecule has 2 N–H and O–H groups in total. The largest absolute Gasteiger partial charge is 0.507 e. The van der Waals surface area contributed by atoms with E-state index in [9.17, 15) is 10.2 Å². The predicted octanol–water partition coefficient (Wildman–Crippen LogP) is 12.4. The van der Waals surface area contributed by atoms with E-state index in [0.29, 0.717) is 22.3 Å². The van der Waals surface area contributed by atoms with E-state index in [1.807, 2.05) is 39.0 Å². The van der Waals surface area contributed by atoms with Gasteiger partial charge in [-0.3, -0.25) is 0 Å². The Morgan fingerprint density at radius 1 is 0.354 bits per heavy atom. The highest BCUT2D eigenvalue weighted by Gasteiger charge is 2.24. The van der Waals surface area contributed by atoms with E-state index < -0.39 is 0 Å². The number of para-hydroxylation sites is 1. The van der Waals surface area contributed by atoms with Crippen LogP contribution in [0, 0.1) is 20.8 Å². The lowest BCUT2D eigenvalue weighted by Gasteiger charge is -2.22. The van der Waals surface area contributed by atoms with Gasteiger partial charge in [0.2, 0.25) is 0 Å². The number of aromatic hydroxyl groups is 2. The van der Waals surface area contributed by atoms with Crippen molar-refractivity contribution in [1.29, 1.82) is 0 Å². The maximum absolute atomic E-state index is 11.6. The van der Waals surface area contributed by atoms with E-state index in [2.05, 4.69) is 109 Å². The second-order valence-electron chi connectivity index (χ2n) is 12.8. The van der Waals surface area contributed by atoms with Crippen LogP contribution in [0.4, 0.5) is 0 Å². The van der Waals surface area contributed by atoms with Crippen molar-refractivity contribution in [3.8, 4) is 44.9 Å². The molecule has 0 radical (unpaired) electrons. The van der Waals surface area contributed by atoms with Gasteiger partial charge in [0.1, 0.15) is 22.7 Å². The van der Waals surface area contributed by atoms with Gasteiger partial charge in [-0.2, -0.15) is 0 Å². The Hall–Kier alpha value is -6.06. The zero-order chi connectivity index (χ0) is 32.7. The van der Waals surface area contributed by atoms with Crippen LogP contribution in [0.3, 0.4) is 0 Å². The maximum Gasteiger partial charge on any atom is 0.136 e. The Morgan fingerprint density at radius 2 is 0.812 bits per heavy atom. The van der Waals surface area contributed by atoms with Crippen LogP contribution in [0.15, 0.2) is 132 Å². The van der Waals surface area contributed by atoms with Crippen LogP contribution >= 0.6 is 0 Å². The first kappa shape index (κ1) is 28.2. The minimum atomic E-state index is 0.210. The summed E-state index contributed by atoms with van der Waals surface area (Å²) >= 11 is 0. The van der Waals surface area contributed by atoms with Crippen LogP contribution in [0.25, 0.3) is 87.6 Å². The van der Waals surface area contributed by atoms with Crippen LogP contribution < -0.4 is 0 Å². The fraction of sp³-hybridized carbons (Fsp3) is 0.0667. The first-order valence-electron chi connectivity index (χ1n) is 16.3. The Bertz CT molecular complexity index is 2700. The molecule has 0 saturated heterocycles. The normalized spacial score (nSPS) is 11.8. The summed E-state index contributed by atoms with van der Waals surface area (Å²) < 4.78 is 6.27. The molecule has 0 atom stereocenters. The third kappa shape index (κ3) is 3.88. The minimum absolute atomic E-state index is 0.210. The van der Waals surface area contributed by atoms with Crippen molar-refractivity contribution in [3.63, 3.8) is 0 Å². The van der Waals surface area contributed by atoms with E-state index in [-0.39, 0.29) is 11.5 Å². The summed E-state index contributed by atoms with van der Waals surface area (Å²) in [5.41, 5.74) is 10.0. The summed E-state index contributed by atoms with van der Waals surface area (Å²) in [5, 5.41) is 31.6. The molecule has 0 saturated carbocycles. The van der Waals surface area contributed by atoms with Gasteiger partial charge in [-0.25, -0.2) is 0 Å². The van der Waals surface area contributed by atoms with Gasteiger partial charge in [0.05, 0.1) is 0 Å². The zero-order valence-electron chi connectivity index (χ0n) is 26.9. The predicted molar refractivity (Wildman–Crippen MR) is 200 cm³/mol. The molecule has 0 unspecified atom stereocenters. The number of rotatable bonds is 3. The number of fused-ring (bicyclic) bond motifs is 6. The molecule has 0 fully saturated rings. The molecule has 0 spiro atoms. The Balaban J connectivity index is 1.39. The lowest BCUT2D eigenvalue weighted by Crippen LogP contribution is -1.96. The summed E-state index contributed by atoms with van der Waals surface area (Å²) in [6.45, 7) is 5.61. The number of hydrogen-bond acceptors (Lipinski definition) is 3. The molecule has 230 valence electrons. The highest BCUT2D eigenvalue weighted by Crippen LogP contribution is 2.51. The van der Waals surface area contributed by atoms with Crippen molar-refractivity contribution in [3.05, 3.63) is 144 Å². The topological polar surface area (TPSA) is 53.6 Å². The molecule has 9 rings (SSSR count). The molecule has 0 aliphatic heterocycles. The zero-order valence-corrected chi connectivity index (χ0v) is 26.9. The van der Waals surface area contributed by atoms with Crippen molar-refractivity contribution >= 4 is 54.3 Å². The molecule has 48 heavy (non-hydrogen) atoms. The molecule has 0 amide bonds. The maximum atomic E-state index is 11.6. The summed E-state index contributed by atoms with van der Waals surface area (Å²) in [6, 6.07) is 44.6. The first-order valence-corrected chi connectivity index (χ1v) is 16.3. The Kier molecular flexibility index (Phi) is 6.15. The van der Waals surface area contributed by atoms with Gasteiger partial charge in [0, 0.05) is 27.5 Å². The lowest BCUT2D eigenvalue weighted by molar-refractivity contribution is 0.451. The van der Waals surface area contributed by atoms with Gasteiger partial charge in [0.25, 0.3) is 0 Å². The average Bonchev–Trinajstić information content (AvgIpc) is 3.52. The Morgan fingerprint density at radius 3 is 1.48 bits per heavy atom.